The number of anilines is 1. The van der Waals surface area contributed by atoms with E-state index in [1.807, 2.05) is 12.1 Å². The SMILES string of the molecule is C=C1C(C(=O)NCc2ccc(Cl)cc2)=Cc2c(ncc3nccnc23)N1CC=O. The van der Waals surface area contributed by atoms with Crippen LogP contribution in [0.1, 0.15) is 11.1 Å². The van der Waals surface area contributed by atoms with Crippen LogP contribution in [-0.4, -0.2) is 33.7 Å². The summed E-state index contributed by atoms with van der Waals surface area (Å²) in [7, 11) is 0. The van der Waals surface area contributed by atoms with Crippen LogP contribution in [0.2, 0.25) is 5.02 Å². The van der Waals surface area contributed by atoms with E-state index in [4.69, 9.17) is 11.6 Å². The number of carbonyl (C=O) groups is 2. The molecule has 0 atom stereocenters. The van der Waals surface area contributed by atoms with E-state index >= 15 is 0 Å². The average Bonchev–Trinajstić information content (AvgIpc) is 2.74. The highest BCUT2D eigenvalue weighted by molar-refractivity contribution is 6.30. The molecule has 29 heavy (non-hydrogen) atoms. The van der Waals surface area contributed by atoms with Crippen LogP contribution in [0, 0.1) is 0 Å². The summed E-state index contributed by atoms with van der Waals surface area (Å²) in [6.45, 7) is 4.36. The third-order valence-electron chi connectivity index (χ3n) is 4.58. The Hall–Kier alpha value is -3.58. The zero-order chi connectivity index (χ0) is 20.4. The number of aldehydes is 1. The lowest BCUT2D eigenvalue weighted by Crippen LogP contribution is -2.35. The van der Waals surface area contributed by atoms with Crippen molar-refractivity contribution in [2.24, 2.45) is 0 Å². The van der Waals surface area contributed by atoms with E-state index in [0.29, 0.717) is 45.3 Å². The number of benzene rings is 1. The van der Waals surface area contributed by atoms with Crippen LogP contribution in [0.4, 0.5) is 5.82 Å². The summed E-state index contributed by atoms with van der Waals surface area (Å²) in [6.07, 6.45) is 7.17. The molecule has 7 nitrogen and oxygen atoms in total. The predicted molar refractivity (Wildman–Crippen MR) is 111 cm³/mol. The predicted octanol–water partition coefficient (Wildman–Crippen LogP) is 2.91. The smallest absolute Gasteiger partial charge is 0.253 e. The first kappa shape index (κ1) is 18.8. The van der Waals surface area contributed by atoms with Gasteiger partial charge in [0, 0.05) is 35.2 Å². The molecule has 3 aromatic rings. The summed E-state index contributed by atoms with van der Waals surface area (Å²) in [4.78, 5) is 38.8. The molecule has 0 fully saturated rings. The van der Waals surface area contributed by atoms with Crippen LogP contribution in [0.5, 0.6) is 0 Å². The molecule has 1 N–H and O–H groups in total. The average molecular weight is 406 g/mol. The van der Waals surface area contributed by atoms with Gasteiger partial charge >= 0.3 is 0 Å². The first-order valence-corrected chi connectivity index (χ1v) is 9.21. The van der Waals surface area contributed by atoms with Crippen LogP contribution in [0.25, 0.3) is 17.1 Å². The Morgan fingerprint density at radius 1 is 1.17 bits per heavy atom. The molecule has 1 aromatic carbocycles. The van der Waals surface area contributed by atoms with Gasteiger partial charge in [0.2, 0.25) is 0 Å². The Morgan fingerprint density at radius 3 is 2.69 bits per heavy atom. The summed E-state index contributed by atoms with van der Waals surface area (Å²) >= 11 is 5.90. The third kappa shape index (κ3) is 3.60. The molecule has 144 valence electrons. The van der Waals surface area contributed by atoms with Crippen molar-refractivity contribution >= 4 is 46.7 Å². The van der Waals surface area contributed by atoms with Crippen molar-refractivity contribution in [3.63, 3.8) is 0 Å². The van der Waals surface area contributed by atoms with Crippen LogP contribution in [0.3, 0.4) is 0 Å². The fraction of sp³-hybridized carbons (Fsp3) is 0.0952. The fourth-order valence-electron chi connectivity index (χ4n) is 3.14. The number of aromatic nitrogens is 3. The van der Waals surface area contributed by atoms with E-state index in [-0.39, 0.29) is 12.5 Å². The number of nitrogens with one attached hydrogen (secondary N) is 1. The van der Waals surface area contributed by atoms with Gasteiger partial charge in [0.1, 0.15) is 23.1 Å². The number of carbonyl (C=O) groups excluding carboxylic acids is 2. The molecule has 3 heterocycles. The fourth-order valence-corrected chi connectivity index (χ4v) is 3.27. The summed E-state index contributed by atoms with van der Waals surface area (Å²) in [6, 6.07) is 7.21. The second-order valence-electron chi connectivity index (χ2n) is 6.38. The molecular weight excluding hydrogens is 390 g/mol. The standard InChI is InChI=1S/C21H16ClN5O2/c1-13-16(21(29)26-11-14-2-4-15(22)5-3-14)10-17-19-18(23-6-7-24-19)12-25-20(17)27(13)8-9-28/h2-7,9-10,12H,1,8,11H2,(H,26,29). The highest BCUT2D eigenvalue weighted by Crippen LogP contribution is 2.35. The minimum Gasteiger partial charge on any atom is -0.348 e. The molecule has 0 saturated carbocycles. The Bertz CT molecular complexity index is 1160. The Morgan fingerprint density at radius 2 is 1.93 bits per heavy atom. The molecule has 1 amide bonds. The Balaban J connectivity index is 1.70. The molecule has 8 heteroatoms. The normalized spacial score (nSPS) is 13.1. The maximum Gasteiger partial charge on any atom is 0.253 e. The number of halogens is 1. The molecule has 0 saturated heterocycles. The van der Waals surface area contributed by atoms with Crippen molar-refractivity contribution in [3.05, 3.63) is 76.9 Å². The van der Waals surface area contributed by atoms with Crippen molar-refractivity contribution in [1.29, 1.82) is 0 Å². The van der Waals surface area contributed by atoms with Gasteiger partial charge in [-0.1, -0.05) is 30.3 Å². The summed E-state index contributed by atoms with van der Waals surface area (Å²) in [5, 5.41) is 3.51. The summed E-state index contributed by atoms with van der Waals surface area (Å²) in [5.74, 6) is 0.205. The molecule has 4 rings (SSSR count). The first-order valence-electron chi connectivity index (χ1n) is 8.83. The van der Waals surface area contributed by atoms with Crippen molar-refractivity contribution in [1.82, 2.24) is 20.3 Å². The topological polar surface area (TPSA) is 88.1 Å². The molecule has 1 aliphatic heterocycles. The lowest BCUT2D eigenvalue weighted by atomic mass is 10.0. The van der Waals surface area contributed by atoms with Crippen LogP contribution < -0.4 is 10.2 Å². The van der Waals surface area contributed by atoms with Crippen molar-refractivity contribution in [2.75, 3.05) is 11.4 Å². The zero-order valence-electron chi connectivity index (χ0n) is 15.3. The lowest BCUT2D eigenvalue weighted by Gasteiger charge is -2.30. The molecular formula is C21H16ClN5O2. The van der Waals surface area contributed by atoms with Gasteiger partial charge in [0.25, 0.3) is 5.91 Å². The Kier molecular flexibility index (Phi) is 5.05. The second kappa shape index (κ2) is 7.81. The van der Waals surface area contributed by atoms with E-state index < -0.39 is 0 Å². The number of pyridine rings is 1. The maximum atomic E-state index is 12.9. The molecule has 0 aliphatic carbocycles. The first-order chi connectivity index (χ1) is 14.1. The van der Waals surface area contributed by atoms with Gasteiger partial charge in [-0.25, -0.2) is 4.98 Å². The molecule has 0 bridgehead atoms. The monoisotopic (exact) mass is 405 g/mol. The summed E-state index contributed by atoms with van der Waals surface area (Å²) in [5.41, 5.74) is 3.47. The van der Waals surface area contributed by atoms with Crippen LogP contribution in [-0.2, 0) is 16.1 Å². The van der Waals surface area contributed by atoms with Gasteiger partial charge in [-0.3, -0.25) is 14.8 Å². The number of amides is 1. The highest BCUT2D eigenvalue weighted by Gasteiger charge is 2.28. The second-order valence-corrected chi connectivity index (χ2v) is 6.81. The van der Waals surface area contributed by atoms with Crippen molar-refractivity contribution in [3.8, 4) is 0 Å². The molecule has 2 aromatic heterocycles. The van der Waals surface area contributed by atoms with Gasteiger partial charge in [0.15, 0.2) is 0 Å². The number of hydrogen-bond acceptors (Lipinski definition) is 6. The lowest BCUT2D eigenvalue weighted by molar-refractivity contribution is -0.117. The van der Waals surface area contributed by atoms with E-state index in [1.54, 1.807) is 41.7 Å². The van der Waals surface area contributed by atoms with E-state index in [0.717, 1.165) is 11.8 Å². The highest BCUT2D eigenvalue weighted by atomic mass is 35.5. The molecule has 0 spiro atoms. The number of fused-ring (bicyclic) bond motifs is 3. The summed E-state index contributed by atoms with van der Waals surface area (Å²) < 4.78 is 0. The number of nitrogens with zero attached hydrogens (tertiary/aromatic N) is 4. The van der Waals surface area contributed by atoms with E-state index in [2.05, 4.69) is 26.8 Å². The van der Waals surface area contributed by atoms with Crippen LogP contribution >= 0.6 is 11.6 Å². The van der Waals surface area contributed by atoms with Crippen molar-refractivity contribution < 1.29 is 9.59 Å². The number of rotatable bonds is 5. The minimum absolute atomic E-state index is 0.0202. The van der Waals surface area contributed by atoms with Gasteiger partial charge < -0.3 is 15.0 Å². The van der Waals surface area contributed by atoms with Crippen LogP contribution in [0.15, 0.2) is 60.7 Å². The maximum absolute atomic E-state index is 12.9. The quantitative estimate of drug-likeness (QED) is 0.656. The largest absolute Gasteiger partial charge is 0.348 e. The molecule has 0 radical (unpaired) electrons. The third-order valence-corrected chi connectivity index (χ3v) is 4.83. The van der Waals surface area contributed by atoms with E-state index in [1.165, 1.54) is 0 Å². The molecule has 1 aliphatic rings. The zero-order valence-corrected chi connectivity index (χ0v) is 16.1. The van der Waals surface area contributed by atoms with Gasteiger partial charge in [-0.05, 0) is 23.8 Å². The van der Waals surface area contributed by atoms with Gasteiger partial charge in [0.05, 0.1) is 18.3 Å². The Labute approximate surface area is 171 Å². The van der Waals surface area contributed by atoms with Gasteiger partial charge in [-0.15, -0.1) is 0 Å². The molecule has 0 unspecified atom stereocenters. The van der Waals surface area contributed by atoms with E-state index in [9.17, 15) is 9.59 Å². The van der Waals surface area contributed by atoms with Crippen molar-refractivity contribution in [2.45, 2.75) is 6.54 Å². The minimum atomic E-state index is -0.313. The number of hydrogen-bond donors (Lipinski definition) is 1. The van der Waals surface area contributed by atoms with Gasteiger partial charge in [-0.2, -0.15) is 0 Å².